The molecule has 0 unspecified atom stereocenters. The molecule has 25 heavy (non-hydrogen) atoms. The van der Waals surface area contributed by atoms with Crippen molar-refractivity contribution in [3.05, 3.63) is 65.5 Å². The van der Waals surface area contributed by atoms with Crippen molar-refractivity contribution in [2.45, 2.75) is 27.2 Å². The van der Waals surface area contributed by atoms with E-state index in [1.54, 1.807) is 4.68 Å². The fourth-order valence-corrected chi connectivity index (χ4v) is 2.54. The molecule has 1 aromatic heterocycles. The van der Waals surface area contributed by atoms with Crippen LogP contribution in [0.15, 0.2) is 48.5 Å². The van der Waals surface area contributed by atoms with Crippen molar-refractivity contribution in [2.24, 2.45) is 0 Å². The Kier molecular flexibility index (Phi) is 4.93. The zero-order valence-electron chi connectivity index (χ0n) is 14.8. The summed E-state index contributed by atoms with van der Waals surface area (Å²) in [5, 5.41) is 7.31. The highest BCUT2D eigenvalue weighted by molar-refractivity contribution is 5.91. The van der Waals surface area contributed by atoms with Gasteiger partial charge in [0.05, 0.1) is 5.69 Å². The Morgan fingerprint density at radius 2 is 1.84 bits per heavy atom. The standard InChI is InChI=1S/C20H22N4O/c1-4-12-21-20(25)18-22-19(16-8-6-5-7-9-16)24(23-18)17-11-10-14(2)15(3)13-17/h5-11,13H,4,12H2,1-3H3,(H,21,25). The van der Waals surface area contributed by atoms with Gasteiger partial charge in [-0.15, -0.1) is 5.10 Å². The summed E-state index contributed by atoms with van der Waals surface area (Å²) in [6.07, 6.45) is 0.870. The van der Waals surface area contributed by atoms with Gasteiger partial charge in [-0.25, -0.2) is 9.67 Å². The van der Waals surface area contributed by atoms with Gasteiger partial charge in [0.2, 0.25) is 5.82 Å². The van der Waals surface area contributed by atoms with E-state index in [4.69, 9.17) is 0 Å². The lowest BCUT2D eigenvalue weighted by molar-refractivity contribution is 0.0943. The summed E-state index contributed by atoms with van der Waals surface area (Å²) in [6, 6.07) is 15.9. The number of carbonyl (C=O) groups is 1. The Morgan fingerprint density at radius 1 is 1.08 bits per heavy atom. The zero-order chi connectivity index (χ0) is 17.8. The minimum absolute atomic E-state index is 0.186. The van der Waals surface area contributed by atoms with Crippen molar-refractivity contribution in [2.75, 3.05) is 6.54 Å². The lowest BCUT2D eigenvalue weighted by atomic mass is 10.1. The third-order valence-electron chi connectivity index (χ3n) is 4.11. The molecule has 0 spiro atoms. The van der Waals surface area contributed by atoms with Crippen LogP contribution in [0.3, 0.4) is 0 Å². The largest absolute Gasteiger partial charge is 0.349 e. The van der Waals surface area contributed by atoms with Crippen molar-refractivity contribution < 1.29 is 4.79 Å². The predicted octanol–water partition coefficient (Wildman–Crippen LogP) is 3.69. The fraction of sp³-hybridized carbons (Fsp3) is 0.250. The Bertz CT molecular complexity index is 884. The molecule has 0 aliphatic rings. The predicted molar refractivity (Wildman–Crippen MR) is 98.9 cm³/mol. The van der Waals surface area contributed by atoms with Crippen molar-refractivity contribution in [1.29, 1.82) is 0 Å². The van der Waals surface area contributed by atoms with Gasteiger partial charge >= 0.3 is 0 Å². The van der Waals surface area contributed by atoms with Gasteiger partial charge in [-0.3, -0.25) is 4.79 Å². The summed E-state index contributed by atoms with van der Waals surface area (Å²) in [4.78, 5) is 16.8. The number of nitrogens with zero attached hydrogens (tertiary/aromatic N) is 3. The topological polar surface area (TPSA) is 59.8 Å². The van der Waals surface area contributed by atoms with E-state index >= 15 is 0 Å². The molecular formula is C20H22N4O. The lowest BCUT2D eigenvalue weighted by Gasteiger charge is -2.08. The Morgan fingerprint density at radius 3 is 2.52 bits per heavy atom. The minimum atomic E-state index is -0.249. The summed E-state index contributed by atoms with van der Waals surface area (Å²) in [5.74, 6) is 0.595. The number of hydrogen-bond donors (Lipinski definition) is 1. The molecule has 0 bridgehead atoms. The van der Waals surface area contributed by atoms with Crippen molar-refractivity contribution in [3.8, 4) is 17.1 Å². The fourth-order valence-electron chi connectivity index (χ4n) is 2.54. The van der Waals surface area contributed by atoms with Crippen LogP contribution in [0.2, 0.25) is 0 Å². The number of hydrogen-bond acceptors (Lipinski definition) is 3. The van der Waals surface area contributed by atoms with Gasteiger partial charge in [-0.05, 0) is 43.5 Å². The van der Waals surface area contributed by atoms with E-state index < -0.39 is 0 Å². The SMILES string of the molecule is CCCNC(=O)c1nc(-c2ccccc2)n(-c2ccc(C)c(C)c2)n1. The zero-order valence-corrected chi connectivity index (χ0v) is 14.8. The molecular weight excluding hydrogens is 312 g/mol. The molecule has 1 N–H and O–H groups in total. The number of benzene rings is 2. The number of rotatable bonds is 5. The quantitative estimate of drug-likeness (QED) is 0.774. The minimum Gasteiger partial charge on any atom is -0.349 e. The maximum Gasteiger partial charge on any atom is 0.290 e. The smallest absolute Gasteiger partial charge is 0.290 e. The molecule has 0 saturated heterocycles. The Labute approximate surface area is 147 Å². The molecule has 0 aliphatic carbocycles. The maximum absolute atomic E-state index is 12.3. The van der Waals surface area contributed by atoms with E-state index in [0.29, 0.717) is 12.4 Å². The van der Waals surface area contributed by atoms with Crippen molar-refractivity contribution in [3.63, 3.8) is 0 Å². The maximum atomic E-state index is 12.3. The number of carbonyl (C=O) groups excluding carboxylic acids is 1. The van der Waals surface area contributed by atoms with Crippen LogP contribution < -0.4 is 5.32 Å². The first kappa shape index (κ1) is 16.9. The molecule has 5 nitrogen and oxygen atoms in total. The van der Waals surface area contributed by atoms with Gasteiger partial charge in [0, 0.05) is 12.1 Å². The third kappa shape index (κ3) is 3.60. The summed E-state index contributed by atoms with van der Waals surface area (Å²) < 4.78 is 1.74. The molecule has 128 valence electrons. The van der Waals surface area contributed by atoms with Crippen LogP contribution in [-0.4, -0.2) is 27.2 Å². The third-order valence-corrected chi connectivity index (χ3v) is 4.11. The first-order chi connectivity index (χ1) is 12.1. The Hall–Kier alpha value is -2.95. The molecule has 1 amide bonds. The van der Waals surface area contributed by atoms with Crippen LogP contribution in [0.5, 0.6) is 0 Å². The van der Waals surface area contributed by atoms with Crippen molar-refractivity contribution in [1.82, 2.24) is 20.1 Å². The normalized spacial score (nSPS) is 10.7. The second kappa shape index (κ2) is 7.30. The molecule has 0 saturated carbocycles. The lowest BCUT2D eigenvalue weighted by Crippen LogP contribution is -2.25. The van der Waals surface area contributed by atoms with Gasteiger partial charge in [-0.1, -0.05) is 43.3 Å². The Balaban J connectivity index is 2.10. The number of aromatic nitrogens is 3. The number of nitrogens with one attached hydrogen (secondary N) is 1. The van der Waals surface area contributed by atoms with E-state index in [-0.39, 0.29) is 11.7 Å². The first-order valence-corrected chi connectivity index (χ1v) is 8.48. The van der Waals surface area contributed by atoms with E-state index in [1.807, 2.05) is 43.3 Å². The van der Waals surface area contributed by atoms with Crippen LogP contribution in [0.1, 0.15) is 35.1 Å². The van der Waals surface area contributed by atoms with Gasteiger partial charge in [0.15, 0.2) is 5.82 Å². The monoisotopic (exact) mass is 334 g/mol. The first-order valence-electron chi connectivity index (χ1n) is 8.48. The number of amides is 1. The molecule has 0 radical (unpaired) electrons. The van der Waals surface area contributed by atoms with Crippen LogP contribution in [0.25, 0.3) is 17.1 Å². The summed E-state index contributed by atoms with van der Waals surface area (Å²) >= 11 is 0. The second-order valence-electron chi connectivity index (χ2n) is 6.06. The number of aryl methyl sites for hydroxylation is 2. The van der Waals surface area contributed by atoms with Gasteiger partial charge < -0.3 is 5.32 Å². The highest BCUT2D eigenvalue weighted by atomic mass is 16.2. The molecule has 5 heteroatoms. The molecule has 0 aliphatic heterocycles. The van der Waals surface area contributed by atoms with E-state index in [0.717, 1.165) is 17.7 Å². The summed E-state index contributed by atoms with van der Waals surface area (Å²) in [7, 11) is 0. The highest BCUT2D eigenvalue weighted by Crippen LogP contribution is 2.22. The van der Waals surface area contributed by atoms with Gasteiger partial charge in [0.1, 0.15) is 0 Å². The molecule has 0 fully saturated rings. The summed E-state index contributed by atoms with van der Waals surface area (Å²) in [6.45, 7) is 6.75. The second-order valence-corrected chi connectivity index (χ2v) is 6.06. The van der Waals surface area contributed by atoms with E-state index in [2.05, 4.69) is 41.4 Å². The van der Waals surface area contributed by atoms with E-state index in [1.165, 1.54) is 11.1 Å². The summed E-state index contributed by atoms with van der Waals surface area (Å²) in [5.41, 5.74) is 4.20. The van der Waals surface area contributed by atoms with Crippen LogP contribution in [0, 0.1) is 13.8 Å². The van der Waals surface area contributed by atoms with Crippen LogP contribution in [0.4, 0.5) is 0 Å². The molecule has 3 aromatic rings. The van der Waals surface area contributed by atoms with Crippen molar-refractivity contribution >= 4 is 5.91 Å². The molecule has 3 rings (SSSR count). The average Bonchev–Trinajstić information content (AvgIpc) is 3.08. The van der Waals surface area contributed by atoms with Gasteiger partial charge in [-0.2, -0.15) is 0 Å². The average molecular weight is 334 g/mol. The highest BCUT2D eigenvalue weighted by Gasteiger charge is 2.18. The van der Waals surface area contributed by atoms with E-state index in [9.17, 15) is 4.79 Å². The van der Waals surface area contributed by atoms with Crippen LogP contribution in [-0.2, 0) is 0 Å². The van der Waals surface area contributed by atoms with Crippen LogP contribution >= 0.6 is 0 Å². The molecule has 1 heterocycles. The molecule has 2 aromatic carbocycles. The molecule has 0 atom stereocenters. The van der Waals surface area contributed by atoms with Gasteiger partial charge in [0.25, 0.3) is 5.91 Å².